The SMILES string of the molecule is CC1c2ccsc2CCN1C(=O)c1cnc2c(c1)c(=O)[nH]c(=O)n2C. The molecule has 25 heavy (non-hydrogen) atoms. The standard InChI is InChI=1S/C17H16N4O3S/c1-9-11-4-6-25-13(11)3-5-21(9)16(23)10-7-12-14(18-8-10)20(2)17(24)19-15(12)22/h4,6-9H,3,5H2,1-2H3,(H,19,22,24). The van der Waals surface area contributed by atoms with Crippen molar-refractivity contribution >= 4 is 28.3 Å². The second kappa shape index (κ2) is 5.66. The van der Waals surface area contributed by atoms with Gasteiger partial charge in [-0.05, 0) is 36.4 Å². The number of amides is 1. The number of aromatic nitrogens is 3. The Kier molecular flexibility index (Phi) is 3.57. The number of aromatic amines is 1. The molecule has 4 heterocycles. The molecule has 8 heteroatoms. The molecule has 0 fully saturated rings. The van der Waals surface area contributed by atoms with Gasteiger partial charge < -0.3 is 4.90 Å². The van der Waals surface area contributed by atoms with E-state index in [0.717, 1.165) is 6.42 Å². The van der Waals surface area contributed by atoms with Crippen molar-refractivity contribution in [2.75, 3.05) is 6.54 Å². The van der Waals surface area contributed by atoms with E-state index in [9.17, 15) is 14.4 Å². The molecule has 1 amide bonds. The van der Waals surface area contributed by atoms with Crippen LogP contribution >= 0.6 is 11.3 Å². The fourth-order valence-electron chi connectivity index (χ4n) is 3.31. The average molecular weight is 356 g/mol. The number of nitrogens with zero attached hydrogens (tertiary/aromatic N) is 3. The van der Waals surface area contributed by atoms with E-state index in [1.807, 2.05) is 12.3 Å². The summed E-state index contributed by atoms with van der Waals surface area (Å²) in [5, 5.41) is 2.28. The summed E-state index contributed by atoms with van der Waals surface area (Å²) in [6.45, 7) is 2.64. The van der Waals surface area contributed by atoms with Crippen LogP contribution in [-0.4, -0.2) is 31.9 Å². The molecule has 7 nitrogen and oxygen atoms in total. The Bertz CT molecular complexity index is 1110. The first-order valence-corrected chi connectivity index (χ1v) is 8.81. The van der Waals surface area contributed by atoms with Gasteiger partial charge in [0, 0.05) is 24.7 Å². The van der Waals surface area contributed by atoms with Gasteiger partial charge in [0.05, 0.1) is 17.0 Å². The van der Waals surface area contributed by atoms with Crippen LogP contribution < -0.4 is 11.2 Å². The van der Waals surface area contributed by atoms with Crippen molar-refractivity contribution in [3.63, 3.8) is 0 Å². The second-order valence-corrected chi connectivity index (χ2v) is 7.14. The average Bonchev–Trinajstić information content (AvgIpc) is 3.09. The summed E-state index contributed by atoms with van der Waals surface area (Å²) < 4.78 is 1.26. The highest BCUT2D eigenvalue weighted by Crippen LogP contribution is 2.33. The zero-order valence-corrected chi connectivity index (χ0v) is 14.6. The topological polar surface area (TPSA) is 88.1 Å². The molecule has 0 radical (unpaired) electrons. The van der Waals surface area contributed by atoms with E-state index in [4.69, 9.17) is 0 Å². The molecule has 1 N–H and O–H groups in total. The number of hydrogen-bond donors (Lipinski definition) is 1. The Balaban J connectivity index is 1.76. The molecule has 3 aromatic rings. The Morgan fingerprint density at radius 1 is 1.40 bits per heavy atom. The van der Waals surface area contributed by atoms with Crippen LogP contribution in [0.3, 0.4) is 0 Å². The van der Waals surface area contributed by atoms with Gasteiger partial charge in [-0.25, -0.2) is 9.78 Å². The molecule has 1 unspecified atom stereocenters. The number of rotatable bonds is 1. The number of nitrogens with one attached hydrogen (secondary N) is 1. The van der Waals surface area contributed by atoms with Crippen LogP contribution in [0.15, 0.2) is 33.3 Å². The highest BCUT2D eigenvalue weighted by Gasteiger charge is 2.29. The van der Waals surface area contributed by atoms with Crippen LogP contribution in [-0.2, 0) is 13.5 Å². The highest BCUT2D eigenvalue weighted by molar-refractivity contribution is 7.10. The van der Waals surface area contributed by atoms with Gasteiger partial charge in [-0.2, -0.15) is 0 Å². The first-order valence-electron chi connectivity index (χ1n) is 7.93. The maximum absolute atomic E-state index is 13.0. The van der Waals surface area contributed by atoms with E-state index >= 15 is 0 Å². The van der Waals surface area contributed by atoms with Gasteiger partial charge in [0.15, 0.2) is 0 Å². The maximum Gasteiger partial charge on any atom is 0.329 e. The van der Waals surface area contributed by atoms with Gasteiger partial charge in [0.2, 0.25) is 0 Å². The summed E-state index contributed by atoms with van der Waals surface area (Å²) in [6, 6.07) is 3.55. The van der Waals surface area contributed by atoms with Crippen LogP contribution in [0.4, 0.5) is 0 Å². The van der Waals surface area contributed by atoms with Crippen molar-refractivity contribution in [2.45, 2.75) is 19.4 Å². The predicted octanol–water partition coefficient (Wildman–Crippen LogP) is 1.44. The Labute approximate surface area is 146 Å². The number of fused-ring (bicyclic) bond motifs is 2. The number of thiophene rings is 1. The lowest BCUT2D eigenvalue weighted by Gasteiger charge is -2.33. The number of pyridine rings is 1. The van der Waals surface area contributed by atoms with E-state index in [1.165, 1.54) is 34.3 Å². The van der Waals surface area contributed by atoms with Gasteiger partial charge >= 0.3 is 5.69 Å². The van der Waals surface area contributed by atoms with Crippen LogP contribution in [0.1, 0.15) is 33.8 Å². The fraction of sp³-hybridized carbons (Fsp3) is 0.294. The molecule has 128 valence electrons. The number of hydrogen-bond acceptors (Lipinski definition) is 5. The number of carbonyl (C=O) groups excluding carboxylic acids is 1. The van der Waals surface area contributed by atoms with Crippen LogP contribution in [0.25, 0.3) is 11.0 Å². The molecule has 1 atom stereocenters. The molecule has 1 aliphatic rings. The minimum atomic E-state index is -0.535. The predicted molar refractivity (Wildman–Crippen MR) is 95.1 cm³/mol. The first kappa shape index (κ1) is 15.8. The lowest BCUT2D eigenvalue weighted by atomic mass is 10.0. The Hall–Kier alpha value is -2.74. The summed E-state index contributed by atoms with van der Waals surface area (Å²) in [6.07, 6.45) is 2.26. The third-order valence-corrected chi connectivity index (χ3v) is 5.74. The summed E-state index contributed by atoms with van der Waals surface area (Å²) in [5.74, 6) is -0.160. The van der Waals surface area contributed by atoms with E-state index in [1.54, 1.807) is 16.2 Å². The van der Waals surface area contributed by atoms with Crippen molar-refractivity contribution in [2.24, 2.45) is 7.05 Å². The van der Waals surface area contributed by atoms with E-state index in [0.29, 0.717) is 12.1 Å². The molecule has 0 aromatic carbocycles. The molecule has 1 aliphatic heterocycles. The smallest absolute Gasteiger partial charge is 0.329 e. The fourth-order valence-corrected chi connectivity index (χ4v) is 4.27. The zero-order valence-electron chi connectivity index (χ0n) is 13.8. The highest BCUT2D eigenvalue weighted by atomic mass is 32.1. The molecule has 0 bridgehead atoms. The summed E-state index contributed by atoms with van der Waals surface area (Å²) in [5.41, 5.74) is 0.726. The van der Waals surface area contributed by atoms with Gasteiger partial charge in [-0.3, -0.25) is 19.1 Å². The third kappa shape index (κ3) is 2.41. The second-order valence-electron chi connectivity index (χ2n) is 6.14. The van der Waals surface area contributed by atoms with Gasteiger partial charge in [0.25, 0.3) is 11.5 Å². The minimum Gasteiger partial charge on any atom is -0.331 e. The molecule has 0 spiro atoms. The van der Waals surface area contributed by atoms with Crippen molar-refractivity contribution in [3.05, 3.63) is 60.6 Å². The summed E-state index contributed by atoms with van der Waals surface area (Å²) >= 11 is 1.72. The Morgan fingerprint density at radius 2 is 2.20 bits per heavy atom. The zero-order chi connectivity index (χ0) is 17.7. The largest absolute Gasteiger partial charge is 0.331 e. The third-order valence-electron chi connectivity index (χ3n) is 4.74. The van der Waals surface area contributed by atoms with E-state index in [2.05, 4.69) is 16.0 Å². The normalized spacial score (nSPS) is 16.9. The minimum absolute atomic E-state index is 0.0170. The Morgan fingerprint density at radius 3 is 3.00 bits per heavy atom. The van der Waals surface area contributed by atoms with E-state index in [-0.39, 0.29) is 23.0 Å². The van der Waals surface area contributed by atoms with Gasteiger partial charge in [0.1, 0.15) is 5.65 Å². The maximum atomic E-state index is 13.0. The lowest BCUT2D eigenvalue weighted by molar-refractivity contribution is 0.0679. The molecule has 3 aromatic heterocycles. The van der Waals surface area contributed by atoms with Crippen molar-refractivity contribution in [3.8, 4) is 0 Å². The van der Waals surface area contributed by atoms with Crippen molar-refractivity contribution < 1.29 is 4.79 Å². The molecule has 0 saturated heterocycles. The van der Waals surface area contributed by atoms with Crippen LogP contribution in [0.5, 0.6) is 0 Å². The van der Waals surface area contributed by atoms with Crippen LogP contribution in [0.2, 0.25) is 0 Å². The molecule has 0 aliphatic carbocycles. The molecular weight excluding hydrogens is 340 g/mol. The summed E-state index contributed by atoms with van der Waals surface area (Å²) in [4.78, 5) is 46.2. The van der Waals surface area contributed by atoms with Gasteiger partial charge in [-0.1, -0.05) is 0 Å². The molecular formula is C17H16N4O3S. The van der Waals surface area contributed by atoms with Crippen LogP contribution in [0, 0.1) is 0 Å². The number of carbonyl (C=O) groups is 1. The first-order chi connectivity index (χ1) is 12.0. The number of aryl methyl sites for hydroxylation is 1. The van der Waals surface area contributed by atoms with Crippen molar-refractivity contribution in [1.82, 2.24) is 19.4 Å². The van der Waals surface area contributed by atoms with E-state index < -0.39 is 11.2 Å². The summed E-state index contributed by atoms with van der Waals surface area (Å²) in [7, 11) is 1.53. The van der Waals surface area contributed by atoms with Crippen molar-refractivity contribution in [1.29, 1.82) is 0 Å². The lowest BCUT2D eigenvalue weighted by Crippen LogP contribution is -2.38. The number of H-pyrrole nitrogens is 1. The quantitative estimate of drug-likeness (QED) is 0.715. The molecule has 4 rings (SSSR count). The monoisotopic (exact) mass is 356 g/mol. The molecule has 0 saturated carbocycles. The van der Waals surface area contributed by atoms with Gasteiger partial charge in [-0.15, -0.1) is 11.3 Å².